The van der Waals surface area contributed by atoms with Crippen LogP contribution in [0.1, 0.15) is 37.4 Å². The lowest BCUT2D eigenvalue weighted by Crippen LogP contribution is -2.29. The van der Waals surface area contributed by atoms with Crippen LogP contribution < -0.4 is 0 Å². The molecule has 178 valence electrons. The topological polar surface area (TPSA) is 102 Å². The van der Waals surface area contributed by atoms with E-state index in [9.17, 15) is 18.7 Å². The van der Waals surface area contributed by atoms with Crippen LogP contribution >= 0.6 is 0 Å². The third kappa shape index (κ3) is 3.54. The molecule has 8 nitrogen and oxygen atoms in total. The number of rotatable bonds is 6. The number of pyridine rings is 1. The summed E-state index contributed by atoms with van der Waals surface area (Å²) in [4.78, 5) is 16.4. The molecule has 1 saturated heterocycles. The first-order chi connectivity index (χ1) is 16.2. The number of fused-ring (bicyclic) bond motifs is 2. The number of hydrogen-bond donors (Lipinski definition) is 2. The number of nitrogens with zero attached hydrogens (tertiary/aromatic N) is 3. The average Bonchev–Trinajstić information content (AvgIpc) is 3.50. The second-order valence-electron chi connectivity index (χ2n) is 9.27. The van der Waals surface area contributed by atoms with Crippen LogP contribution in [-0.4, -0.2) is 57.3 Å². The molecule has 1 unspecified atom stereocenters. The molecule has 0 bridgehead atoms. The lowest BCUT2D eigenvalue weighted by molar-refractivity contribution is -0.147. The molecule has 0 saturated carbocycles. The van der Waals surface area contributed by atoms with Crippen molar-refractivity contribution in [3.05, 3.63) is 53.4 Å². The van der Waals surface area contributed by atoms with Crippen LogP contribution in [0.3, 0.4) is 0 Å². The smallest absolute Gasteiger partial charge is 0.332 e. The molecule has 0 radical (unpaired) electrons. The number of H-pyrrole nitrogens is 1. The Kier molecular flexibility index (Phi) is 5.37. The van der Waals surface area contributed by atoms with E-state index < -0.39 is 29.1 Å². The average molecular weight is 470 g/mol. The van der Waals surface area contributed by atoms with Crippen molar-refractivity contribution in [2.24, 2.45) is 0 Å². The number of ether oxygens (including phenoxy) is 2. The lowest BCUT2D eigenvalue weighted by atomic mass is 9.82. The van der Waals surface area contributed by atoms with Crippen LogP contribution in [0.15, 0.2) is 30.5 Å². The van der Waals surface area contributed by atoms with E-state index in [1.165, 1.54) is 6.07 Å². The molecular weight excluding hydrogens is 446 g/mol. The molecule has 4 heterocycles. The van der Waals surface area contributed by atoms with Gasteiger partial charge in [0.2, 0.25) is 0 Å². The van der Waals surface area contributed by atoms with Gasteiger partial charge in [-0.05, 0) is 24.6 Å². The maximum Gasteiger partial charge on any atom is 0.332 e. The van der Waals surface area contributed by atoms with Gasteiger partial charge in [-0.25, -0.2) is 18.6 Å². The predicted molar refractivity (Wildman–Crippen MR) is 120 cm³/mol. The highest BCUT2D eigenvalue weighted by Gasteiger charge is 2.40. The summed E-state index contributed by atoms with van der Waals surface area (Å²) < 4.78 is 41.1. The van der Waals surface area contributed by atoms with Gasteiger partial charge in [0.05, 0.1) is 30.4 Å². The third-order valence-corrected chi connectivity index (χ3v) is 6.37. The molecule has 1 aromatic carbocycles. The minimum atomic E-state index is -1.02. The van der Waals surface area contributed by atoms with Crippen LogP contribution in [0.5, 0.6) is 0 Å². The Balaban J connectivity index is 1.88. The number of halogens is 2. The minimum Gasteiger partial charge on any atom is -0.479 e. The van der Waals surface area contributed by atoms with E-state index in [1.807, 2.05) is 24.5 Å². The summed E-state index contributed by atoms with van der Waals surface area (Å²) in [6.07, 6.45) is 0.981. The highest BCUT2D eigenvalue weighted by Crippen LogP contribution is 2.44. The maximum absolute atomic E-state index is 14.4. The first-order valence-corrected chi connectivity index (χ1v) is 10.9. The van der Waals surface area contributed by atoms with Crippen molar-refractivity contribution in [3.8, 4) is 5.69 Å². The number of aromatic amines is 1. The molecular formula is C24H24F2N4O4. The molecule has 1 aliphatic rings. The van der Waals surface area contributed by atoms with Gasteiger partial charge in [-0.3, -0.25) is 5.10 Å². The van der Waals surface area contributed by atoms with Gasteiger partial charge in [-0.15, -0.1) is 0 Å². The van der Waals surface area contributed by atoms with Crippen LogP contribution in [0.25, 0.3) is 27.8 Å². The number of carbonyl (C=O) groups is 1. The van der Waals surface area contributed by atoms with Gasteiger partial charge >= 0.3 is 5.97 Å². The first-order valence-electron chi connectivity index (χ1n) is 10.9. The number of aliphatic carboxylic acids is 1. The number of carboxylic acid groups (broad SMARTS) is 1. The Morgan fingerprint density at radius 1 is 1.32 bits per heavy atom. The van der Waals surface area contributed by atoms with Crippen molar-refractivity contribution >= 4 is 28.0 Å². The molecule has 10 heteroatoms. The zero-order valence-electron chi connectivity index (χ0n) is 18.9. The lowest BCUT2D eigenvalue weighted by Gasteiger charge is -2.29. The van der Waals surface area contributed by atoms with E-state index in [4.69, 9.17) is 14.5 Å². The summed E-state index contributed by atoms with van der Waals surface area (Å²) >= 11 is 0. The summed E-state index contributed by atoms with van der Waals surface area (Å²) in [6.45, 7) is 4.51. The van der Waals surface area contributed by atoms with Crippen LogP contribution in [0.2, 0.25) is 0 Å². The first kappa shape index (κ1) is 22.4. The van der Waals surface area contributed by atoms with Crippen molar-refractivity contribution in [1.82, 2.24) is 19.7 Å². The minimum absolute atomic E-state index is 0.201. The van der Waals surface area contributed by atoms with E-state index in [-0.39, 0.29) is 18.9 Å². The van der Waals surface area contributed by atoms with Crippen molar-refractivity contribution < 1.29 is 28.2 Å². The molecule has 34 heavy (non-hydrogen) atoms. The maximum atomic E-state index is 14.4. The molecule has 2 atom stereocenters. The van der Waals surface area contributed by atoms with Gasteiger partial charge in [0.25, 0.3) is 0 Å². The third-order valence-electron chi connectivity index (χ3n) is 6.37. The van der Waals surface area contributed by atoms with Gasteiger partial charge in [0.1, 0.15) is 0 Å². The van der Waals surface area contributed by atoms with E-state index in [0.717, 1.165) is 28.8 Å². The molecule has 5 rings (SSSR count). The summed E-state index contributed by atoms with van der Waals surface area (Å²) in [5, 5.41) is 17.2. The Morgan fingerprint density at radius 2 is 2.12 bits per heavy atom. The second-order valence-corrected chi connectivity index (χ2v) is 9.27. The molecule has 3 aromatic heterocycles. The fraction of sp³-hybridized carbons (Fsp3) is 0.375. The normalized spacial score (nSPS) is 18.9. The van der Waals surface area contributed by atoms with Gasteiger partial charge in [0.15, 0.2) is 23.4 Å². The van der Waals surface area contributed by atoms with Crippen LogP contribution in [-0.2, 0) is 19.7 Å². The molecule has 0 spiro atoms. The Morgan fingerprint density at radius 3 is 2.79 bits per heavy atom. The van der Waals surface area contributed by atoms with E-state index in [1.54, 1.807) is 13.3 Å². The van der Waals surface area contributed by atoms with Crippen molar-refractivity contribution in [1.29, 1.82) is 0 Å². The number of aromatic nitrogens is 4. The Bertz CT molecular complexity index is 1410. The molecule has 1 aliphatic heterocycles. The highest BCUT2D eigenvalue weighted by molar-refractivity contribution is 5.94. The number of nitrogens with one attached hydrogen (secondary N) is 1. The summed E-state index contributed by atoms with van der Waals surface area (Å²) in [5.41, 5.74) is 3.29. The van der Waals surface area contributed by atoms with Crippen molar-refractivity contribution in [3.63, 3.8) is 0 Å². The van der Waals surface area contributed by atoms with Crippen molar-refractivity contribution in [2.75, 3.05) is 20.3 Å². The van der Waals surface area contributed by atoms with Crippen LogP contribution in [0.4, 0.5) is 8.78 Å². The summed E-state index contributed by atoms with van der Waals surface area (Å²) in [7, 11) is 1.60. The fourth-order valence-electron chi connectivity index (χ4n) is 4.97. The Labute approximate surface area is 193 Å². The van der Waals surface area contributed by atoms with E-state index >= 15 is 0 Å². The standard InChI is InChI=1S/C24H24F2N4O4/c1-24(2,11-33-3)21-19(13-7-18(23(31)32)34-10-13)20-17(6-12-9-27-29-22(12)28-20)30(21)14-4-5-15(25)16(26)8-14/h4-6,8-9,13,18H,7,10-11H2,1-3H3,(H,31,32)(H,27,28,29)/t13-,18?/m1/s1. The van der Waals surface area contributed by atoms with Gasteiger partial charge in [-0.1, -0.05) is 13.8 Å². The summed E-state index contributed by atoms with van der Waals surface area (Å²) in [5.74, 6) is -3.20. The molecule has 2 N–H and O–H groups in total. The van der Waals surface area contributed by atoms with Gasteiger partial charge < -0.3 is 19.1 Å². The predicted octanol–water partition coefficient (Wildman–Crippen LogP) is 4.06. The van der Waals surface area contributed by atoms with E-state index in [0.29, 0.717) is 29.0 Å². The SMILES string of the molecule is COCC(C)(C)c1c([C@H]2COC(C(=O)O)C2)c2nc3[nH]ncc3cc2n1-c1ccc(F)c(F)c1. The van der Waals surface area contributed by atoms with Gasteiger partial charge in [-0.2, -0.15) is 5.10 Å². The number of hydrogen-bond acceptors (Lipinski definition) is 5. The van der Waals surface area contributed by atoms with Crippen molar-refractivity contribution in [2.45, 2.75) is 37.7 Å². The van der Waals surface area contributed by atoms with Crippen LogP contribution in [0, 0.1) is 11.6 Å². The second kappa shape index (κ2) is 8.14. The van der Waals surface area contributed by atoms with Gasteiger partial charge in [0, 0.05) is 46.8 Å². The monoisotopic (exact) mass is 470 g/mol. The zero-order chi connectivity index (χ0) is 24.2. The number of methoxy groups -OCH3 is 1. The Hall–Kier alpha value is -3.37. The quantitative estimate of drug-likeness (QED) is 0.441. The summed E-state index contributed by atoms with van der Waals surface area (Å²) in [6, 6.07) is 5.64. The highest BCUT2D eigenvalue weighted by atomic mass is 19.2. The molecule has 0 amide bonds. The number of carboxylic acids is 1. The molecule has 0 aliphatic carbocycles. The largest absolute Gasteiger partial charge is 0.479 e. The fourth-order valence-corrected chi connectivity index (χ4v) is 4.97. The molecule has 4 aromatic rings. The molecule has 1 fully saturated rings. The van der Waals surface area contributed by atoms with E-state index in [2.05, 4.69) is 10.2 Å². The number of benzene rings is 1. The zero-order valence-corrected chi connectivity index (χ0v) is 18.9.